The predicted octanol–water partition coefficient (Wildman–Crippen LogP) is 0.230. The van der Waals surface area contributed by atoms with E-state index in [0.717, 1.165) is 0 Å². The number of carbonyl (C=O) groups is 2. The smallest absolute Gasteiger partial charge is 0.261 e. The van der Waals surface area contributed by atoms with Gasteiger partial charge in [-0.15, -0.1) is 0 Å². The zero-order valence-corrected chi connectivity index (χ0v) is 11.8. The molecule has 1 aliphatic heterocycles. The van der Waals surface area contributed by atoms with Gasteiger partial charge in [-0.3, -0.25) is 9.59 Å². The lowest BCUT2D eigenvalue weighted by molar-refractivity contribution is -0.124. The van der Waals surface area contributed by atoms with Crippen LogP contribution in [0.25, 0.3) is 0 Å². The monoisotopic (exact) mass is 270 g/mol. The molecule has 0 saturated heterocycles. The van der Waals surface area contributed by atoms with Gasteiger partial charge in [-0.2, -0.15) is 0 Å². The molecule has 1 heterocycles. The summed E-state index contributed by atoms with van der Waals surface area (Å²) in [4.78, 5) is 23.7. The van der Waals surface area contributed by atoms with Crippen molar-refractivity contribution < 1.29 is 19.8 Å². The van der Waals surface area contributed by atoms with Gasteiger partial charge in [0.05, 0.1) is 18.2 Å². The van der Waals surface area contributed by atoms with Crippen molar-refractivity contribution in [2.45, 2.75) is 45.7 Å². The molecule has 19 heavy (non-hydrogen) atoms. The lowest BCUT2D eigenvalue weighted by atomic mass is 10.0. The quantitative estimate of drug-likeness (QED) is 0.537. The van der Waals surface area contributed by atoms with E-state index in [-0.39, 0.29) is 23.9 Å². The standard InChI is InChI=1S/C13H22N2O4/c1-7(2)5-8-10(17)9(11(18)14-8)12(19)15-13(3,4)6-16/h7-8,16-17H,5-6H2,1-4H3,(H,14,18)(H,15,19). The molecule has 4 N–H and O–H groups in total. The van der Waals surface area contributed by atoms with Crippen molar-refractivity contribution >= 4 is 11.8 Å². The molecule has 0 bridgehead atoms. The van der Waals surface area contributed by atoms with Crippen LogP contribution in [0.3, 0.4) is 0 Å². The molecule has 2 amide bonds. The normalized spacial score (nSPS) is 19.9. The maximum Gasteiger partial charge on any atom is 0.261 e. The summed E-state index contributed by atoms with van der Waals surface area (Å²) in [6.07, 6.45) is 0.567. The molecule has 0 radical (unpaired) electrons. The van der Waals surface area contributed by atoms with Crippen molar-refractivity contribution in [1.29, 1.82) is 0 Å². The third kappa shape index (κ3) is 3.70. The average molecular weight is 270 g/mol. The van der Waals surface area contributed by atoms with Crippen LogP contribution in [-0.2, 0) is 9.59 Å². The highest BCUT2D eigenvalue weighted by atomic mass is 16.3. The fourth-order valence-corrected chi connectivity index (χ4v) is 1.86. The van der Waals surface area contributed by atoms with E-state index in [0.29, 0.717) is 6.42 Å². The Bertz CT molecular complexity index is 413. The Kier molecular flexibility index (Phi) is 4.57. The van der Waals surface area contributed by atoms with E-state index in [9.17, 15) is 14.7 Å². The molecular weight excluding hydrogens is 248 g/mol. The van der Waals surface area contributed by atoms with Gasteiger partial charge in [0, 0.05) is 0 Å². The van der Waals surface area contributed by atoms with Crippen LogP contribution in [0.5, 0.6) is 0 Å². The molecule has 0 aromatic heterocycles. The van der Waals surface area contributed by atoms with Gasteiger partial charge < -0.3 is 20.8 Å². The topological polar surface area (TPSA) is 98.7 Å². The average Bonchev–Trinajstić information content (AvgIpc) is 2.52. The van der Waals surface area contributed by atoms with Crippen LogP contribution in [-0.4, -0.2) is 40.2 Å². The Balaban J connectivity index is 2.88. The van der Waals surface area contributed by atoms with Crippen LogP contribution < -0.4 is 10.6 Å². The number of rotatable bonds is 5. The van der Waals surface area contributed by atoms with Gasteiger partial charge in [0.1, 0.15) is 11.3 Å². The number of aliphatic hydroxyl groups excluding tert-OH is 2. The summed E-state index contributed by atoms with van der Waals surface area (Å²) >= 11 is 0. The lowest BCUT2D eigenvalue weighted by Crippen LogP contribution is -2.47. The molecule has 6 nitrogen and oxygen atoms in total. The molecule has 0 aliphatic carbocycles. The zero-order valence-electron chi connectivity index (χ0n) is 11.8. The number of hydrogen-bond acceptors (Lipinski definition) is 4. The first-order valence-electron chi connectivity index (χ1n) is 6.35. The molecule has 0 fully saturated rings. The number of hydrogen-bond donors (Lipinski definition) is 4. The van der Waals surface area contributed by atoms with E-state index in [2.05, 4.69) is 10.6 Å². The fraction of sp³-hybridized carbons (Fsp3) is 0.692. The minimum atomic E-state index is -0.846. The molecule has 108 valence electrons. The summed E-state index contributed by atoms with van der Waals surface area (Å²) < 4.78 is 0. The lowest BCUT2D eigenvalue weighted by Gasteiger charge is -2.23. The highest BCUT2D eigenvalue weighted by molar-refractivity contribution is 6.20. The van der Waals surface area contributed by atoms with Gasteiger partial charge in [-0.25, -0.2) is 0 Å². The minimum Gasteiger partial charge on any atom is -0.509 e. The summed E-state index contributed by atoms with van der Waals surface area (Å²) in [5, 5.41) is 24.2. The molecule has 6 heteroatoms. The van der Waals surface area contributed by atoms with E-state index in [1.54, 1.807) is 13.8 Å². The van der Waals surface area contributed by atoms with Gasteiger partial charge in [-0.05, 0) is 26.2 Å². The SMILES string of the molecule is CC(C)CC1NC(=O)C(C(=O)NC(C)(C)CO)=C1O. The van der Waals surface area contributed by atoms with Crippen molar-refractivity contribution in [2.75, 3.05) is 6.61 Å². The van der Waals surface area contributed by atoms with Crippen molar-refractivity contribution in [3.63, 3.8) is 0 Å². The van der Waals surface area contributed by atoms with Gasteiger partial charge in [0.15, 0.2) is 0 Å². The van der Waals surface area contributed by atoms with E-state index < -0.39 is 23.4 Å². The van der Waals surface area contributed by atoms with Gasteiger partial charge >= 0.3 is 0 Å². The molecular formula is C13H22N2O4. The van der Waals surface area contributed by atoms with Crippen molar-refractivity contribution in [3.05, 3.63) is 11.3 Å². The van der Waals surface area contributed by atoms with Crippen LogP contribution in [0.15, 0.2) is 11.3 Å². The van der Waals surface area contributed by atoms with E-state index in [4.69, 9.17) is 5.11 Å². The molecule has 1 unspecified atom stereocenters. The van der Waals surface area contributed by atoms with Crippen molar-refractivity contribution in [1.82, 2.24) is 10.6 Å². The summed E-state index contributed by atoms with van der Waals surface area (Å²) in [6, 6.07) is -0.509. The van der Waals surface area contributed by atoms with Crippen LogP contribution in [0.4, 0.5) is 0 Å². The van der Waals surface area contributed by atoms with E-state index >= 15 is 0 Å². The van der Waals surface area contributed by atoms with Gasteiger partial charge in [0.25, 0.3) is 11.8 Å². The first-order chi connectivity index (χ1) is 8.68. The van der Waals surface area contributed by atoms with Gasteiger partial charge in [0.2, 0.25) is 0 Å². The van der Waals surface area contributed by atoms with Crippen LogP contribution in [0.1, 0.15) is 34.1 Å². The first-order valence-corrected chi connectivity index (χ1v) is 6.35. The Morgan fingerprint density at radius 2 is 2.05 bits per heavy atom. The first kappa shape index (κ1) is 15.5. The summed E-state index contributed by atoms with van der Waals surface area (Å²) in [5.74, 6) is -1.18. The number of carbonyl (C=O) groups excluding carboxylic acids is 2. The van der Waals surface area contributed by atoms with Gasteiger partial charge in [-0.1, -0.05) is 13.8 Å². The third-order valence-corrected chi connectivity index (χ3v) is 2.90. The van der Waals surface area contributed by atoms with E-state index in [1.165, 1.54) is 0 Å². The summed E-state index contributed by atoms with van der Waals surface area (Å²) in [6.45, 7) is 6.92. The molecule has 1 rings (SSSR count). The second kappa shape index (κ2) is 5.61. The van der Waals surface area contributed by atoms with E-state index in [1.807, 2.05) is 13.8 Å². The second-order valence-corrected chi connectivity index (χ2v) is 5.91. The molecule has 0 spiro atoms. The van der Waals surface area contributed by atoms with Crippen LogP contribution in [0, 0.1) is 5.92 Å². The summed E-state index contributed by atoms with van der Waals surface area (Å²) in [7, 11) is 0. The molecule has 0 aromatic rings. The number of amides is 2. The maximum absolute atomic E-state index is 12.0. The molecule has 1 aliphatic rings. The van der Waals surface area contributed by atoms with Crippen LogP contribution in [0.2, 0.25) is 0 Å². The summed E-state index contributed by atoms with van der Waals surface area (Å²) in [5.41, 5.74) is -1.10. The van der Waals surface area contributed by atoms with Crippen molar-refractivity contribution in [3.8, 4) is 0 Å². The maximum atomic E-state index is 12.0. The van der Waals surface area contributed by atoms with Crippen molar-refractivity contribution in [2.24, 2.45) is 5.92 Å². The molecule has 1 atom stereocenters. The Hall–Kier alpha value is -1.56. The largest absolute Gasteiger partial charge is 0.509 e. The fourth-order valence-electron chi connectivity index (χ4n) is 1.86. The Labute approximate surface area is 112 Å². The number of aliphatic hydroxyl groups is 2. The number of nitrogens with one attached hydrogen (secondary N) is 2. The predicted molar refractivity (Wildman–Crippen MR) is 70.3 cm³/mol. The Morgan fingerprint density at radius 1 is 1.47 bits per heavy atom. The highest BCUT2D eigenvalue weighted by Gasteiger charge is 2.37. The third-order valence-electron chi connectivity index (χ3n) is 2.90. The second-order valence-electron chi connectivity index (χ2n) is 5.91. The van der Waals surface area contributed by atoms with Crippen LogP contribution >= 0.6 is 0 Å². The highest BCUT2D eigenvalue weighted by Crippen LogP contribution is 2.21. The molecule has 0 aromatic carbocycles. The Morgan fingerprint density at radius 3 is 2.53 bits per heavy atom. The minimum absolute atomic E-state index is 0.218. The molecule has 0 saturated carbocycles. The zero-order chi connectivity index (χ0) is 14.8.